The number of hydrogen-bond donors (Lipinski definition) is 3. The van der Waals surface area contributed by atoms with Gasteiger partial charge in [-0.05, 0) is 37.3 Å². The van der Waals surface area contributed by atoms with E-state index < -0.39 is 0 Å². The molecule has 1 aliphatic heterocycles. The van der Waals surface area contributed by atoms with Gasteiger partial charge in [-0.25, -0.2) is 0 Å². The maximum absolute atomic E-state index is 12.6. The molecule has 0 saturated carbocycles. The molecule has 1 amide bonds. The molecular formula is C21H27Cl2N3O2+2. The van der Waals surface area contributed by atoms with Crippen LogP contribution in [-0.2, 0) is 4.79 Å². The molecule has 1 fully saturated rings. The minimum atomic E-state index is -0.142. The maximum atomic E-state index is 12.6. The zero-order chi connectivity index (χ0) is 19.9. The Balaban J connectivity index is 1.42. The number of hydrogen-bond acceptors (Lipinski definition) is 2. The minimum Gasteiger partial charge on any atom is -0.488 e. The smallest absolute Gasteiger partial charge is 0.282 e. The van der Waals surface area contributed by atoms with Crippen LogP contribution in [0.15, 0.2) is 48.5 Å². The lowest BCUT2D eigenvalue weighted by molar-refractivity contribution is -1.02. The van der Waals surface area contributed by atoms with Gasteiger partial charge in [-0.15, -0.1) is 0 Å². The average molecular weight is 424 g/mol. The lowest BCUT2D eigenvalue weighted by Gasteiger charge is -2.32. The molecule has 1 aliphatic rings. The summed E-state index contributed by atoms with van der Waals surface area (Å²) in [4.78, 5) is 15.4. The quantitative estimate of drug-likeness (QED) is 0.626. The number of piperazine rings is 1. The Morgan fingerprint density at radius 1 is 1.11 bits per heavy atom. The van der Waals surface area contributed by atoms with E-state index in [9.17, 15) is 4.79 Å². The monoisotopic (exact) mass is 423 g/mol. The summed E-state index contributed by atoms with van der Waals surface area (Å²) in [5.41, 5.74) is 0.563. The van der Waals surface area contributed by atoms with E-state index in [1.807, 2.05) is 37.3 Å². The Morgan fingerprint density at radius 2 is 1.82 bits per heavy atom. The van der Waals surface area contributed by atoms with E-state index in [-0.39, 0.29) is 11.9 Å². The topological polar surface area (TPSA) is 47.2 Å². The fourth-order valence-electron chi connectivity index (χ4n) is 3.46. The summed E-state index contributed by atoms with van der Waals surface area (Å²) in [6.45, 7) is 7.62. The first kappa shape index (κ1) is 20.9. The first-order chi connectivity index (χ1) is 13.5. The molecule has 7 heteroatoms. The van der Waals surface area contributed by atoms with Gasteiger partial charge < -0.3 is 19.9 Å². The summed E-state index contributed by atoms with van der Waals surface area (Å²) in [5, 5.41) is 3.95. The van der Waals surface area contributed by atoms with E-state index in [1.165, 1.54) is 9.80 Å². The molecule has 150 valence electrons. The Kier molecular flexibility index (Phi) is 7.57. The molecule has 0 spiro atoms. The molecule has 1 atom stereocenters. The summed E-state index contributed by atoms with van der Waals surface area (Å²) < 4.78 is 5.79. The van der Waals surface area contributed by atoms with Crippen LogP contribution >= 0.6 is 23.2 Å². The van der Waals surface area contributed by atoms with Gasteiger partial charge in [-0.3, -0.25) is 4.79 Å². The van der Waals surface area contributed by atoms with Gasteiger partial charge in [0.05, 0.1) is 10.7 Å². The van der Waals surface area contributed by atoms with E-state index >= 15 is 0 Å². The second kappa shape index (κ2) is 10.1. The predicted molar refractivity (Wildman–Crippen MR) is 113 cm³/mol. The van der Waals surface area contributed by atoms with Gasteiger partial charge in [0, 0.05) is 5.02 Å². The molecule has 3 rings (SSSR count). The van der Waals surface area contributed by atoms with Crippen molar-refractivity contribution >= 4 is 34.8 Å². The normalized spacial score (nSPS) is 20.4. The van der Waals surface area contributed by atoms with Crippen molar-refractivity contribution in [3.05, 3.63) is 58.6 Å². The lowest BCUT2D eigenvalue weighted by atomic mass is 10.2. The molecule has 2 aromatic carbocycles. The first-order valence-corrected chi connectivity index (χ1v) is 10.4. The van der Waals surface area contributed by atoms with Crippen LogP contribution in [0, 0.1) is 0 Å². The number of halogens is 2. The van der Waals surface area contributed by atoms with Crippen molar-refractivity contribution < 1.29 is 19.3 Å². The number of benzene rings is 2. The second-order valence-electron chi connectivity index (χ2n) is 7.15. The molecular weight excluding hydrogens is 397 g/mol. The number of rotatable bonds is 7. The van der Waals surface area contributed by atoms with Crippen LogP contribution in [0.25, 0.3) is 0 Å². The Hall–Kier alpha value is -1.79. The van der Waals surface area contributed by atoms with Gasteiger partial charge in [-0.1, -0.05) is 41.4 Å². The maximum Gasteiger partial charge on any atom is 0.282 e. The van der Waals surface area contributed by atoms with E-state index in [4.69, 9.17) is 27.9 Å². The van der Waals surface area contributed by atoms with Crippen LogP contribution in [-0.4, -0.2) is 51.3 Å². The molecule has 28 heavy (non-hydrogen) atoms. The number of quaternary nitrogens is 2. The molecule has 0 unspecified atom stereocenters. The van der Waals surface area contributed by atoms with Gasteiger partial charge in [0.2, 0.25) is 0 Å². The third kappa shape index (κ3) is 5.85. The molecule has 0 aromatic heterocycles. The van der Waals surface area contributed by atoms with Gasteiger partial charge >= 0.3 is 0 Å². The summed E-state index contributed by atoms with van der Waals surface area (Å²) in [5.74, 6) is 0.881. The third-order valence-corrected chi connectivity index (χ3v) is 5.82. The number of para-hydroxylation sites is 1. The van der Waals surface area contributed by atoms with Crippen molar-refractivity contribution in [1.82, 2.24) is 0 Å². The number of nitrogens with one attached hydrogen (secondary N) is 3. The van der Waals surface area contributed by atoms with E-state index in [0.717, 1.165) is 38.5 Å². The summed E-state index contributed by atoms with van der Waals surface area (Å²) >= 11 is 12.1. The largest absolute Gasteiger partial charge is 0.488 e. The van der Waals surface area contributed by atoms with Crippen molar-refractivity contribution in [2.75, 3.05) is 44.6 Å². The van der Waals surface area contributed by atoms with Gasteiger partial charge in [0.1, 0.15) is 45.1 Å². The molecule has 3 N–H and O–H groups in total. The van der Waals surface area contributed by atoms with Crippen molar-refractivity contribution in [1.29, 1.82) is 0 Å². The zero-order valence-corrected chi connectivity index (χ0v) is 17.5. The molecule has 0 aliphatic carbocycles. The van der Waals surface area contributed by atoms with E-state index in [1.54, 1.807) is 18.2 Å². The summed E-state index contributed by atoms with van der Waals surface area (Å²) in [6.07, 6.45) is 0. The van der Waals surface area contributed by atoms with Gasteiger partial charge in [0.15, 0.2) is 6.04 Å². The summed E-state index contributed by atoms with van der Waals surface area (Å²) in [7, 11) is 0. The highest BCUT2D eigenvalue weighted by molar-refractivity contribution is 6.35. The van der Waals surface area contributed by atoms with Crippen LogP contribution in [0.3, 0.4) is 0 Å². The van der Waals surface area contributed by atoms with Crippen molar-refractivity contribution in [3.8, 4) is 5.75 Å². The highest BCUT2D eigenvalue weighted by atomic mass is 35.5. The van der Waals surface area contributed by atoms with E-state index in [2.05, 4.69) is 5.32 Å². The van der Waals surface area contributed by atoms with Crippen LogP contribution in [0.5, 0.6) is 5.75 Å². The molecule has 0 radical (unpaired) electrons. The fourth-order valence-corrected chi connectivity index (χ4v) is 3.79. The minimum absolute atomic E-state index is 0.0324. The van der Waals surface area contributed by atoms with Crippen LogP contribution in [0.4, 0.5) is 5.69 Å². The van der Waals surface area contributed by atoms with Gasteiger partial charge in [-0.2, -0.15) is 0 Å². The van der Waals surface area contributed by atoms with Crippen LogP contribution in [0.2, 0.25) is 10.0 Å². The van der Waals surface area contributed by atoms with Crippen molar-refractivity contribution in [2.45, 2.75) is 13.0 Å². The first-order valence-electron chi connectivity index (χ1n) is 9.65. The third-order valence-electron chi connectivity index (χ3n) is 5.26. The second-order valence-corrected chi connectivity index (χ2v) is 8.00. The number of ether oxygens (including phenoxy) is 1. The fraction of sp³-hybridized carbons (Fsp3) is 0.381. The molecule has 2 aromatic rings. The molecule has 0 bridgehead atoms. The van der Waals surface area contributed by atoms with Crippen LogP contribution < -0.4 is 19.9 Å². The highest BCUT2D eigenvalue weighted by Gasteiger charge is 2.31. The summed E-state index contributed by atoms with van der Waals surface area (Å²) in [6, 6.07) is 14.8. The average Bonchev–Trinajstić information content (AvgIpc) is 2.71. The van der Waals surface area contributed by atoms with E-state index in [0.29, 0.717) is 22.3 Å². The van der Waals surface area contributed by atoms with Crippen molar-refractivity contribution in [3.63, 3.8) is 0 Å². The van der Waals surface area contributed by atoms with Gasteiger partial charge in [0.25, 0.3) is 5.91 Å². The zero-order valence-electron chi connectivity index (χ0n) is 16.0. The Bertz CT molecular complexity index is 780. The SMILES string of the molecule is C[C@@H](C(=O)Nc1cc(Cl)ccc1Cl)[NH+]1CC[NH+](CCOc2ccccc2)CC1. The van der Waals surface area contributed by atoms with Crippen molar-refractivity contribution in [2.24, 2.45) is 0 Å². The molecule has 1 saturated heterocycles. The highest BCUT2D eigenvalue weighted by Crippen LogP contribution is 2.25. The molecule has 5 nitrogen and oxygen atoms in total. The predicted octanol–water partition coefficient (Wildman–Crippen LogP) is 1.18. The lowest BCUT2D eigenvalue weighted by Crippen LogP contribution is -3.30. The number of carbonyl (C=O) groups excluding carboxylic acids is 1. The number of carbonyl (C=O) groups is 1. The van der Waals surface area contributed by atoms with Crippen LogP contribution in [0.1, 0.15) is 6.92 Å². The standard InChI is InChI=1S/C21H25Cl2N3O2/c1-16(21(27)24-20-15-17(22)7-8-19(20)23)26-11-9-25(10-12-26)13-14-28-18-5-3-2-4-6-18/h2-8,15-16H,9-14H2,1H3,(H,24,27)/p+2/t16-/m0/s1. The Morgan fingerprint density at radius 3 is 2.54 bits per heavy atom. The number of anilines is 1. The number of amides is 1. The Labute approximate surface area is 176 Å². The molecule has 1 heterocycles.